The van der Waals surface area contributed by atoms with Gasteiger partial charge < -0.3 is 4.74 Å². The van der Waals surface area contributed by atoms with Crippen molar-refractivity contribution in [2.75, 3.05) is 7.05 Å². The Balaban J connectivity index is 1.98. The summed E-state index contributed by atoms with van der Waals surface area (Å²) in [5, 5.41) is 10.0. The van der Waals surface area contributed by atoms with E-state index >= 15 is 0 Å². The van der Waals surface area contributed by atoms with Crippen LogP contribution in [-0.2, 0) is 16.0 Å². The van der Waals surface area contributed by atoms with E-state index < -0.39 is 0 Å². The van der Waals surface area contributed by atoms with Crippen molar-refractivity contribution in [1.29, 1.82) is 5.26 Å². The molecule has 1 fully saturated rings. The van der Waals surface area contributed by atoms with Crippen LogP contribution in [0.1, 0.15) is 36.9 Å². The van der Waals surface area contributed by atoms with Crippen LogP contribution in [0.15, 0.2) is 48.3 Å². The first-order valence-electron chi connectivity index (χ1n) is 7.67. The van der Waals surface area contributed by atoms with Crippen LogP contribution in [0.3, 0.4) is 0 Å². The summed E-state index contributed by atoms with van der Waals surface area (Å²) in [6.07, 6.45) is 9.36. The van der Waals surface area contributed by atoms with Crippen molar-refractivity contribution >= 4 is 5.91 Å². The van der Waals surface area contributed by atoms with Crippen molar-refractivity contribution in [3.63, 3.8) is 0 Å². The number of ether oxygens (including phenoxy) is 1. The van der Waals surface area contributed by atoms with Gasteiger partial charge in [-0.3, -0.25) is 9.80 Å². The number of hydrogen-bond acceptors (Lipinski definition) is 4. The molecule has 23 heavy (non-hydrogen) atoms. The highest BCUT2D eigenvalue weighted by molar-refractivity contribution is 5.78. The van der Waals surface area contributed by atoms with Crippen molar-refractivity contribution in [2.45, 2.75) is 32.2 Å². The lowest BCUT2D eigenvalue weighted by molar-refractivity contribution is -0.128. The molecule has 1 aliphatic heterocycles. The lowest BCUT2D eigenvalue weighted by atomic mass is 10.0. The quantitative estimate of drug-likeness (QED) is 0.498. The molecule has 1 aliphatic rings. The second-order valence-corrected chi connectivity index (χ2v) is 5.40. The fourth-order valence-electron chi connectivity index (χ4n) is 2.45. The molecule has 0 bridgehead atoms. The van der Waals surface area contributed by atoms with Crippen LogP contribution in [0.5, 0.6) is 0 Å². The third-order valence-corrected chi connectivity index (χ3v) is 3.75. The number of amides is 1. The summed E-state index contributed by atoms with van der Waals surface area (Å²) in [5.41, 5.74) is 5.45. The van der Waals surface area contributed by atoms with Crippen molar-refractivity contribution in [3.05, 3.63) is 59.4 Å². The SMILES string of the molecule is CC/C(=C\C=C/Cc1cccc(C2CC(=O)N(C)N2)c1)OC#N. The zero-order chi connectivity index (χ0) is 16.7. The van der Waals surface area contributed by atoms with E-state index in [9.17, 15) is 4.79 Å². The van der Waals surface area contributed by atoms with E-state index in [0.29, 0.717) is 18.6 Å². The summed E-state index contributed by atoms with van der Waals surface area (Å²) in [7, 11) is 1.75. The Hall–Kier alpha value is -2.58. The van der Waals surface area contributed by atoms with Crippen LogP contribution in [0.4, 0.5) is 0 Å². The minimum absolute atomic E-state index is 0.0482. The lowest BCUT2D eigenvalue weighted by Gasteiger charge is -2.13. The van der Waals surface area contributed by atoms with Gasteiger partial charge in [0.15, 0.2) is 0 Å². The summed E-state index contributed by atoms with van der Waals surface area (Å²) in [5.74, 6) is 0.754. The molecule has 5 heteroatoms. The van der Waals surface area contributed by atoms with Gasteiger partial charge in [-0.1, -0.05) is 43.3 Å². The predicted molar refractivity (Wildman–Crippen MR) is 87.6 cm³/mol. The maximum atomic E-state index is 11.6. The van der Waals surface area contributed by atoms with Gasteiger partial charge in [-0.15, -0.1) is 5.26 Å². The minimum Gasteiger partial charge on any atom is -0.393 e. The Labute approximate surface area is 136 Å². The largest absolute Gasteiger partial charge is 0.393 e. The molecule has 1 atom stereocenters. The Bertz CT molecular complexity index is 658. The number of rotatable bonds is 6. The Morgan fingerprint density at radius 1 is 1.57 bits per heavy atom. The van der Waals surface area contributed by atoms with Crippen LogP contribution in [0.25, 0.3) is 0 Å². The van der Waals surface area contributed by atoms with E-state index in [2.05, 4.69) is 17.6 Å². The predicted octanol–water partition coefficient (Wildman–Crippen LogP) is 2.98. The molecule has 120 valence electrons. The van der Waals surface area contributed by atoms with Crippen LogP contribution >= 0.6 is 0 Å². The minimum atomic E-state index is 0.0482. The molecule has 1 amide bonds. The molecule has 1 aromatic rings. The van der Waals surface area contributed by atoms with Gasteiger partial charge in [-0.25, -0.2) is 5.43 Å². The Morgan fingerprint density at radius 3 is 3.04 bits per heavy atom. The fraction of sp³-hybridized carbons (Fsp3) is 0.333. The first-order valence-corrected chi connectivity index (χ1v) is 7.67. The topological polar surface area (TPSA) is 65.4 Å². The Kier molecular flexibility index (Phi) is 5.95. The number of hydrogen-bond donors (Lipinski definition) is 1. The number of hydrazine groups is 1. The number of allylic oxidation sites excluding steroid dienone is 4. The Morgan fingerprint density at radius 2 is 2.39 bits per heavy atom. The molecular formula is C18H21N3O2. The molecule has 0 radical (unpaired) electrons. The smallest absolute Gasteiger partial charge is 0.291 e. The van der Waals surface area contributed by atoms with Gasteiger partial charge >= 0.3 is 0 Å². The highest BCUT2D eigenvalue weighted by Gasteiger charge is 2.27. The van der Waals surface area contributed by atoms with Crippen LogP contribution in [-0.4, -0.2) is 18.0 Å². The highest BCUT2D eigenvalue weighted by atomic mass is 16.5. The van der Waals surface area contributed by atoms with Crippen molar-refractivity contribution in [1.82, 2.24) is 10.4 Å². The van der Waals surface area contributed by atoms with Crippen LogP contribution in [0, 0.1) is 11.5 Å². The highest BCUT2D eigenvalue weighted by Crippen LogP contribution is 2.23. The molecule has 1 saturated heterocycles. The van der Waals surface area contributed by atoms with E-state index in [1.165, 1.54) is 5.56 Å². The van der Waals surface area contributed by atoms with Crippen LogP contribution in [0.2, 0.25) is 0 Å². The van der Waals surface area contributed by atoms with Gasteiger partial charge in [0, 0.05) is 19.9 Å². The molecule has 1 aromatic carbocycles. The average Bonchev–Trinajstić information content (AvgIpc) is 2.90. The summed E-state index contributed by atoms with van der Waals surface area (Å²) in [6, 6.07) is 8.27. The average molecular weight is 311 g/mol. The van der Waals surface area contributed by atoms with Gasteiger partial charge in [-0.2, -0.15) is 0 Å². The molecule has 5 nitrogen and oxygen atoms in total. The van der Waals surface area contributed by atoms with Gasteiger partial charge in [0.2, 0.25) is 5.91 Å². The second kappa shape index (κ2) is 8.16. The molecule has 0 saturated carbocycles. The van der Waals surface area contributed by atoms with Gasteiger partial charge in [0.25, 0.3) is 6.26 Å². The van der Waals surface area contributed by atoms with Gasteiger partial charge in [-0.05, 0) is 23.6 Å². The van der Waals surface area contributed by atoms with E-state index in [0.717, 1.165) is 12.0 Å². The van der Waals surface area contributed by atoms with Gasteiger partial charge in [0.05, 0.1) is 6.04 Å². The van der Waals surface area contributed by atoms with E-state index in [1.807, 2.05) is 31.2 Å². The summed E-state index contributed by atoms with van der Waals surface area (Å²) >= 11 is 0. The van der Waals surface area contributed by atoms with Crippen LogP contribution < -0.4 is 5.43 Å². The van der Waals surface area contributed by atoms with E-state index in [-0.39, 0.29) is 11.9 Å². The second-order valence-electron chi connectivity index (χ2n) is 5.40. The molecular weight excluding hydrogens is 290 g/mol. The van der Waals surface area contributed by atoms with Crippen molar-refractivity contribution in [3.8, 4) is 6.26 Å². The number of nitriles is 1. The third kappa shape index (κ3) is 4.70. The molecule has 1 N–H and O–H groups in total. The maximum absolute atomic E-state index is 11.6. The number of nitrogens with one attached hydrogen (secondary N) is 1. The molecule has 0 spiro atoms. The summed E-state index contributed by atoms with van der Waals surface area (Å²) < 4.78 is 4.82. The number of carbonyl (C=O) groups excluding carboxylic acids is 1. The van der Waals surface area contributed by atoms with E-state index in [4.69, 9.17) is 10.00 Å². The molecule has 2 rings (SSSR count). The zero-order valence-corrected chi connectivity index (χ0v) is 13.5. The molecule has 0 aromatic heterocycles. The number of benzene rings is 1. The third-order valence-electron chi connectivity index (χ3n) is 3.75. The number of nitrogens with zero attached hydrogens (tertiary/aromatic N) is 2. The first-order chi connectivity index (χ1) is 11.1. The molecule has 0 aliphatic carbocycles. The zero-order valence-electron chi connectivity index (χ0n) is 13.5. The summed E-state index contributed by atoms with van der Waals surface area (Å²) in [4.78, 5) is 11.6. The van der Waals surface area contributed by atoms with Crippen molar-refractivity contribution < 1.29 is 9.53 Å². The fourth-order valence-corrected chi connectivity index (χ4v) is 2.45. The monoisotopic (exact) mass is 311 g/mol. The van der Waals surface area contributed by atoms with Crippen molar-refractivity contribution in [2.24, 2.45) is 0 Å². The lowest BCUT2D eigenvalue weighted by Crippen LogP contribution is -2.30. The van der Waals surface area contributed by atoms with Gasteiger partial charge in [0.1, 0.15) is 5.76 Å². The summed E-state index contributed by atoms with van der Waals surface area (Å²) in [6.45, 7) is 1.94. The van der Waals surface area contributed by atoms with E-state index in [1.54, 1.807) is 24.4 Å². The molecule has 1 unspecified atom stereocenters. The maximum Gasteiger partial charge on any atom is 0.291 e. The first kappa shape index (κ1) is 16.8. The standard InChI is InChI=1S/C18H21N3O2/c1-3-16(23-13-19)10-5-4-7-14-8-6-9-15(11-14)17-12-18(22)21(2)20-17/h4-6,8-11,17,20H,3,7,12H2,1-2H3/b5-4-,16-10+. The normalized spacial score (nSPS) is 18.5. The number of carbonyl (C=O) groups is 1. The molecule has 1 heterocycles.